The van der Waals surface area contributed by atoms with Crippen LogP contribution in [-0.4, -0.2) is 25.5 Å². The van der Waals surface area contributed by atoms with Crippen LogP contribution >= 0.6 is 11.3 Å². The van der Waals surface area contributed by atoms with E-state index in [4.69, 9.17) is 6.42 Å². The molecule has 0 aliphatic heterocycles. The average molecular weight is 365 g/mol. The van der Waals surface area contributed by atoms with Crippen LogP contribution in [-0.2, 0) is 21.2 Å². The SMILES string of the molecule is C#Cc1ccc(S(=O)(=O)NC(Cc2ccccc2)C(=O)O)s1.CC. The van der Waals surface area contributed by atoms with Gasteiger partial charge in [-0.2, -0.15) is 4.72 Å². The van der Waals surface area contributed by atoms with Crippen LogP contribution in [0.2, 0.25) is 0 Å². The van der Waals surface area contributed by atoms with Crippen molar-refractivity contribution in [3.63, 3.8) is 0 Å². The first-order chi connectivity index (χ1) is 11.4. The molecule has 2 aromatic rings. The minimum Gasteiger partial charge on any atom is -0.480 e. The summed E-state index contributed by atoms with van der Waals surface area (Å²) in [5, 5.41) is 9.24. The maximum absolute atomic E-state index is 12.2. The summed E-state index contributed by atoms with van der Waals surface area (Å²) in [5.74, 6) is 1.11. The van der Waals surface area contributed by atoms with E-state index < -0.39 is 22.0 Å². The third-order valence-corrected chi connectivity index (χ3v) is 5.85. The van der Waals surface area contributed by atoms with Gasteiger partial charge < -0.3 is 5.11 Å². The number of sulfonamides is 1. The molecule has 7 heteroatoms. The van der Waals surface area contributed by atoms with Crippen molar-refractivity contribution in [1.82, 2.24) is 4.72 Å². The molecule has 0 spiro atoms. The van der Waals surface area contributed by atoms with Crippen molar-refractivity contribution in [2.75, 3.05) is 0 Å². The van der Waals surface area contributed by atoms with Gasteiger partial charge in [-0.25, -0.2) is 8.42 Å². The summed E-state index contributed by atoms with van der Waals surface area (Å²) in [6.07, 6.45) is 5.27. The molecule has 1 unspecified atom stereocenters. The molecule has 0 amide bonds. The second-order valence-electron chi connectivity index (χ2n) is 4.46. The molecule has 0 radical (unpaired) electrons. The van der Waals surface area contributed by atoms with E-state index in [9.17, 15) is 18.3 Å². The van der Waals surface area contributed by atoms with Crippen molar-refractivity contribution in [2.24, 2.45) is 0 Å². The Bertz CT molecular complexity index is 805. The van der Waals surface area contributed by atoms with Gasteiger partial charge in [0.15, 0.2) is 0 Å². The summed E-state index contributed by atoms with van der Waals surface area (Å²) < 4.78 is 26.7. The van der Waals surface area contributed by atoms with Gasteiger partial charge in [0.25, 0.3) is 10.0 Å². The van der Waals surface area contributed by atoms with Crippen molar-refractivity contribution < 1.29 is 18.3 Å². The molecule has 0 aliphatic rings. The van der Waals surface area contributed by atoms with E-state index in [1.165, 1.54) is 12.1 Å². The number of terminal acetylenes is 1. The Labute approximate surface area is 146 Å². The van der Waals surface area contributed by atoms with E-state index in [2.05, 4.69) is 10.6 Å². The van der Waals surface area contributed by atoms with Gasteiger partial charge in [-0.3, -0.25) is 4.79 Å². The number of benzene rings is 1. The Balaban J connectivity index is 0.00000139. The van der Waals surface area contributed by atoms with Crippen molar-refractivity contribution in [3.8, 4) is 12.3 Å². The topological polar surface area (TPSA) is 83.5 Å². The summed E-state index contributed by atoms with van der Waals surface area (Å²) >= 11 is 0.920. The van der Waals surface area contributed by atoms with Crippen molar-refractivity contribution >= 4 is 27.3 Å². The maximum atomic E-state index is 12.2. The molecule has 0 saturated heterocycles. The lowest BCUT2D eigenvalue weighted by atomic mass is 10.1. The van der Waals surface area contributed by atoms with E-state index in [1.807, 2.05) is 13.8 Å². The number of aliphatic carboxylic acids is 1. The number of carboxylic acid groups (broad SMARTS) is 1. The van der Waals surface area contributed by atoms with Gasteiger partial charge in [-0.1, -0.05) is 50.1 Å². The van der Waals surface area contributed by atoms with Crippen LogP contribution in [0.1, 0.15) is 24.3 Å². The lowest BCUT2D eigenvalue weighted by Gasteiger charge is -2.14. The molecule has 128 valence electrons. The zero-order chi connectivity index (χ0) is 18.2. The molecule has 1 atom stereocenters. The predicted molar refractivity (Wildman–Crippen MR) is 95.5 cm³/mol. The van der Waals surface area contributed by atoms with E-state index in [-0.39, 0.29) is 10.6 Å². The molecule has 1 aromatic carbocycles. The molecule has 1 aromatic heterocycles. The molecule has 0 aliphatic carbocycles. The van der Waals surface area contributed by atoms with Crippen LogP contribution in [0.3, 0.4) is 0 Å². The average Bonchev–Trinajstić information content (AvgIpc) is 3.07. The molecule has 0 bridgehead atoms. The van der Waals surface area contributed by atoms with E-state index in [0.717, 1.165) is 16.9 Å². The zero-order valence-corrected chi connectivity index (χ0v) is 15.0. The van der Waals surface area contributed by atoms with Crippen LogP contribution in [0.5, 0.6) is 0 Å². The molecule has 2 N–H and O–H groups in total. The fourth-order valence-electron chi connectivity index (χ4n) is 1.82. The summed E-state index contributed by atoms with van der Waals surface area (Å²) in [6, 6.07) is 10.4. The van der Waals surface area contributed by atoms with Crippen LogP contribution < -0.4 is 4.72 Å². The standard InChI is InChI=1S/C15H13NO4S2.C2H6/c1-2-12-8-9-14(21-12)22(19,20)16-13(15(17)18)10-11-6-4-3-5-7-11;1-2/h1,3-9,13,16H,10H2,(H,17,18);1-2H3. The number of carboxylic acids is 1. The van der Waals surface area contributed by atoms with Crippen LogP contribution in [0.25, 0.3) is 0 Å². The highest BCUT2D eigenvalue weighted by Gasteiger charge is 2.26. The Morgan fingerprint density at radius 1 is 1.25 bits per heavy atom. The molecule has 0 fully saturated rings. The molecular weight excluding hydrogens is 346 g/mol. The Hall–Kier alpha value is -2.14. The molecular formula is C17H19NO4S2. The Morgan fingerprint density at radius 3 is 2.38 bits per heavy atom. The Kier molecular flexibility index (Phi) is 7.65. The smallest absolute Gasteiger partial charge is 0.322 e. The first kappa shape index (κ1) is 19.9. The number of carbonyl (C=O) groups is 1. The molecule has 0 saturated carbocycles. The highest BCUT2D eigenvalue weighted by Crippen LogP contribution is 2.21. The summed E-state index contributed by atoms with van der Waals surface area (Å²) in [6.45, 7) is 4.00. The maximum Gasteiger partial charge on any atom is 0.322 e. The van der Waals surface area contributed by atoms with Gasteiger partial charge in [0.2, 0.25) is 0 Å². The van der Waals surface area contributed by atoms with Gasteiger partial charge in [-0.15, -0.1) is 17.8 Å². The number of thiophene rings is 1. The van der Waals surface area contributed by atoms with Crippen molar-refractivity contribution in [3.05, 3.63) is 52.9 Å². The van der Waals surface area contributed by atoms with Gasteiger partial charge in [0.05, 0.1) is 4.88 Å². The third-order valence-electron chi connectivity index (χ3n) is 2.87. The van der Waals surface area contributed by atoms with Gasteiger partial charge in [0.1, 0.15) is 10.3 Å². The van der Waals surface area contributed by atoms with E-state index in [1.54, 1.807) is 30.3 Å². The number of rotatable bonds is 6. The van der Waals surface area contributed by atoms with Crippen LogP contribution in [0.4, 0.5) is 0 Å². The summed E-state index contributed by atoms with van der Waals surface area (Å²) in [4.78, 5) is 11.8. The van der Waals surface area contributed by atoms with E-state index >= 15 is 0 Å². The fraction of sp³-hybridized carbons (Fsp3) is 0.235. The van der Waals surface area contributed by atoms with Gasteiger partial charge in [0, 0.05) is 0 Å². The van der Waals surface area contributed by atoms with Crippen LogP contribution in [0.15, 0.2) is 46.7 Å². The normalized spacial score (nSPS) is 11.7. The van der Waals surface area contributed by atoms with Crippen LogP contribution in [0, 0.1) is 12.3 Å². The minimum atomic E-state index is -3.92. The van der Waals surface area contributed by atoms with Crippen molar-refractivity contribution in [1.29, 1.82) is 0 Å². The lowest BCUT2D eigenvalue weighted by Crippen LogP contribution is -2.42. The Morgan fingerprint density at radius 2 is 1.88 bits per heavy atom. The number of hydrogen-bond acceptors (Lipinski definition) is 4. The molecule has 5 nitrogen and oxygen atoms in total. The quantitative estimate of drug-likeness (QED) is 0.771. The minimum absolute atomic E-state index is 0.000221. The van der Waals surface area contributed by atoms with E-state index in [0.29, 0.717) is 4.88 Å². The lowest BCUT2D eigenvalue weighted by molar-refractivity contribution is -0.138. The summed E-state index contributed by atoms with van der Waals surface area (Å²) in [5.41, 5.74) is 0.730. The first-order valence-electron chi connectivity index (χ1n) is 7.28. The first-order valence-corrected chi connectivity index (χ1v) is 9.58. The second-order valence-corrected chi connectivity index (χ2v) is 7.49. The molecule has 24 heavy (non-hydrogen) atoms. The van der Waals surface area contributed by atoms with Gasteiger partial charge >= 0.3 is 5.97 Å². The number of hydrogen-bond donors (Lipinski definition) is 2. The molecule has 2 rings (SSSR count). The van der Waals surface area contributed by atoms with Gasteiger partial charge in [-0.05, 0) is 24.1 Å². The highest BCUT2D eigenvalue weighted by atomic mass is 32.2. The van der Waals surface area contributed by atoms with Crippen molar-refractivity contribution in [2.45, 2.75) is 30.5 Å². The largest absolute Gasteiger partial charge is 0.480 e. The zero-order valence-electron chi connectivity index (χ0n) is 13.4. The summed E-state index contributed by atoms with van der Waals surface area (Å²) in [7, 11) is -3.92. The second kappa shape index (κ2) is 9.23. The number of nitrogens with one attached hydrogen (secondary N) is 1. The molecule has 1 heterocycles. The predicted octanol–water partition coefficient (Wildman–Crippen LogP) is 2.73. The fourth-order valence-corrected chi connectivity index (χ4v) is 4.14. The highest BCUT2D eigenvalue weighted by molar-refractivity contribution is 7.91. The monoisotopic (exact) mass is 365 g/mol. The third kappa shape index (κ3) is 5.49.